The van der Waals surface area contributed by atoms with Gasteiger partial charge in [-0.3, -0.25) is 4.79 Å². The van der Waals surface area contributed by atoms with Gasteiger partial charge in [0.2, 0.25) is 5.89 Å². The van der Waals surface area contributed by atoms with Crippen LogP contribution < -0.4 is 10.9 Å². The molecule has 1 N–H and O–H groups in total. The number of nitrogens with zero attached hydrogens (tertiary/aromatic N) is 1. The van der Waals surface area contributed by atoms with Crippen LogP contribution in [-0.4, -0.2) is 10.9 Å². The molecule has 0 radical (unpaired) electrons. The number of para-hydroxylation sites is 1. The Morgan fingerprint density at radius 1 is 0.903 bits per heavy atom. The van der Waals surface area contributed by atoms with E-state index < -0.39 is 11.5 Å². The van der Waals surface area contributed by atoms with Crippen molar-refractivity contribution in [1.29, 1.82) is 0 Å². The zero-order valence-corrected chi connectivity index (χ0v) is 17.2. The van der Waals surface area contributed by atoms with Crippen molar-refractivity contribution in [2.45, 2.75) is 0 Å². The number of anilines is 1. The van der Waals surface area contributed by atoms with Gasteiger partial charge in [0.25, 0.3) is 5.91 Å². The van der Waals surface area contributed by atoms with E-state index in [4.69, 9.17) is 32.0 Å². The summed E-state index contributed by atoms with van der Waals surface area (Å²) in [6, 6.07) is 18.5. The zero-order chi connectivity index (χ0) is 21.5. The number of fused-ring (bicyclic) bond motifs is 2. The molecule has 5 aromatic rings. The summed E-state index contributed by atoms with van der Waals surface area (Å²) >= 11 is 12.2. The van der Waals surface area contributed by atoms with Crippen molar-refractivity contribution in [2.75, 3.05) is 5.32 Å². The van der Waals surface area contributed by atoms with Crippen LogP contribution in [0.1, 0.15) is 10.4 Å². The third-order valence-electron chi connectivity index (χ3n) is 4.69. The third-order valence-corrected chi connectivity index (χ3v) is 5.24. The highest BCUT2D eigenvalue weighted by atomic mass is 35.5. The number of halogens is 2. The number of aromatic nitrogens is 1. The van der Waals surface area contributed by atoms with Crippen molar-refractivity contribution < 1.29 is 13.6 Å². The van der Waals surface area contributed by atoms with E-state index in [1.807, 2.05) is 0 Å². The highest BCUT2D eigenvalue weighted by Gasteiger charge is 2.16. The van der Waals surface area contributed by atoms with Crippen LogP contribution in [-0.2, 0) is 0 Å². The van der Waals surface area contributed by atoms with Crippen LogP contribution >= 0.6 is 23.2 Å². The average molecular weight is 451 g/mol. The molecule has 0 aliphatic rings. The van der Waals surface area contributed by atoms with Crippen LogP contribution in [0.2, 0.25) is 10.0 Å². The fourth-order valence-corrected chi connectivity index (χ4v) is 3.69. The lowest BCUT2D eigenvalue weighted by Gasteiger charge is -2.05. The van der Waals surface area contributed by atoms with Gasteiger partial charge in [0, 0.05) is 16.1 Å². The first-order chi connectivity index (χ1) is 15.0. The second-order valence-electron chi connectivity index (χ2n) is 6.77. The standard InChI is InChI=1S/C23H12Cl2N2O4/c24-13-5-7-15(17(25)10-13)22-27-18-11-14(6-8-20(18)30-22)26-21(28)16-9-12-3-1-2-4-19(12)31-23(16)29/h1-11H,(H,26,28). The van der Waals surface area contributed by atoms with Gasteiger partial charge in [-0.25, -0.2) is 9.78 Å². The maximum absolute atomic E-state index is 12.7. The molecule has 0 spiro atoms. The first kappa shape index (κ1) is 19.4. The van der Waals surface area contributed by atoms with Gasteiger partial charge in [0.15, 0.2) is 5.58 Å². The zero-order valence-electron chi connectivity index (χ0n) is 15.7. The largest absolute Gasteiger partial charge is 0.436 e. The second kappa shape index (κ2) is 7.58. The van der Waals surface area contributed by atoms with Crippen LogP contribution in [0, 0.1) is 0 Å². The highest BCUT2D eigenvalue weighted by molar-refractivity contribution is 6.36. The Morgan fingerprint density at radius 2 is 1.74 bits per heavy atom. The molecule has 3 aromatic carbocycles. The molecule has 0 fully saturated rings. The first-order valence-corrected chi connectivity index (χ1v) is 9.94. The number of hydrogen-bond acceptors (Lipinski definition) is 5. The van der Waals surface area contributed by atoms with Crippen molar-refractivity contribution in [3.8, 4) is 11.5 Å². The Hall–Kier alpha value is -3.61. The molecule has 0 aliphatic carbocycles. The van der Waals surface area contributed by atoms with Crippen molar-refractivity contribution in [3.05, 3.63) is 92.8 Å². The van der Waals surface area contributed by atoms with E-state index in [-0.39, 0.29) is 5.56 Å². The fraction of sp³-hybridized carbons (Fsp3) is 0. The molecule has 31 heavy (non-hydrogen) atoms. The molecule has 5 rings (SSSR count). The summed E-state index contributed by atoms with van der Waals surface area (Å²) in [5.41, 5.74) is 1.70. The average Bonchev–Trinajstić information content (AvgIpc) is 3.16. The van der Waals surface area contributed by atoms with Gasteiger partial charge >= 0.3 is 5.63 Å². The number of oxazole rings is 1. The lowest BCUT2D eigenvalue weighted by atomic mass is 10.1. The molecule has 0 saturated carbocycles. The molecule has 6 nitrogen and oxygen atoms in total. The SMILES string of the molecule is O=C(Nc1ccc2oc(-c3ccc(Cl)cc3Cl)nc2c1)c1cc2ccccc2oc1=O. The molecule has 0 bridgehead atoms. The summed E-state index contributed by atoms with van der Waals surface area (Å²) in [5, 5.41) is 4.28. The summed E-state index contributed by atoms with van der Waals surface area (Å²) < 4.78 is 11.0. The van der Waals surface area contributed by atoms with E-state index in [0.717, 1.165) is 0 Å². The molecule has 152 valence electrons. The summed E-state index contributed by atoms with van der Waals surface area (Å²) in [5.74, 6) is -0.251. The molecule has 8 heteroatoms. The number of carbonyl (C=O) groups excluding carboxylic acids is 1. The summed E-state index contributed by atoms with van der Waals surface area (Å²) in [6.45, 7) is 0. The molecule has 1 amide bonds. The number of benzene rings is 3. The van der Waals surface area contributed by atoms with Gasteiger partial charge in [-0.15, -0.1) is 0 Å². The number of rotatable bonds is 3. The molecule has 2 heterocycles. The van der Waals surface area contributed by atoms with Crippen LogP contribution in [0.25, 0.3) is 33.5 Å². The van der Waals surface area contributed by atoms with Crippen LogP contribution in [0.15, 0.2) is 80.4 Å². The molecule has 0 atom stereocenters. The van der Waals surface area contributed by atoms with E-state index >= 15 is 0 Å². The Balaban J connectivity index is 1.46. The van der Waals surface area contributed by atoms with E-state index in [9.17, 15) is 9.59 Å². The normalized spacial score (nSPS) is 11.2. The summed E-state index contributed by atoms with van der Waals surface area (Å²) in [6.07, 6.45) is 0. The van der Waals surface area contributed by atoms with Gasteiger partial charge in [-0.05, 0) is 48.5 Å². The predicted molar refractivity (Wildman–Crippen MR) is 120 cm³/mol. The number of carbonyl (C=O) groups is 1. The monoisotopic (exact) mass is 450 g/mol. The predicted octanol–water partition coefficient (Wildman–Crippen LogP) is 6.16. The van der Waals surface area contributed by atoms with Gasteiger partial charge in [-0.2, -0.15) is 0 Å². The Labute approximate surface area is 185 Å². The van der Waals surface area contributed by atoms with Crippen molar-refractivity contribution in [3.63, 3.8) is 0 Å². The van der Waals surface area contributed by atoms with Crippen molar-refractivity contribution >= 4 is 56.9 Å². The van der Waals surface area contributed by atoms with Gasteiger partial charge < -0.3 is 14.2 Å². The maximum Gasteiger partial charge on any atom is 0.349 e. The minimum absolute atomic E-state index is 0.0902. The minimum atomic E-state index is -0.710. The Morgan fingerprint density at radius 3 is 2.58 bits per heavy atom. The second-order valence-corrected chi connectivity index (χ2v) is 7.61. The maximum atomic E-state index is 12.7. The highest BCUT2D eigenvalue weighted by Crippen LogP contribution is 2.32. The van der Waals surface area contributed by atoms with Crippen molar-refractivity contribution in [2.24, 2.45) is 0 Å². The Bertz CT molecular complexity index is 1540. The molecule has 2 aromatic heterocycles. The van der Waals surface area contributed by atoms with E-state index in [1.54, 1.807) is 60.7 Å². The molecular formula is C23H12Cl2N2O4. The van der Waals surface area contributed by atoms with Gasteiger partial charge in [0.05, 0.1) is 10.6 Å². The van der Waals surface area contributed by atoms with E-state index in [1.165, 1.54) is 6.07 Å². The van der Waals surface area contributed by atoms with Crippen LogP contribution in [0.4, 0.5) is 5.69 Å². The van der Waals surface area contributed by atoms with Gasteiger partial charge in [0.1, 0.15) is 16.7 Å². The fourth-order valence-electron chi connectivity index (χ4n) is 3.20. The molecule has 0 aliphatic heterocycles. The van der Waals surface area contributed by atoms with E-state index in [2.05, 4.69) is 10.3 Å². The summed E-state index contributed by atoms with van der Waals surface area (Å²) in [7, 11) is 0. The molecule has 0 saturated heterocycles. The van der Waals surface area contributed by atoms with Crippen LogP contribution in [0.5, 0.6) is 0 Å². The number of hydrogen-bond donors (Lipinski definition) is 1. The van der Waals surface area contributed by atoms with Gasteiger partial charge in [-0.1, -0.05) is 41.4 Å². The lowest BCUT2D eigenvalue weighted by molar-refractivity contribution is 0.102. The summed E-state index contributed by atoms with van der Waals surface area (Å²) in [4.78, 5) is 29.3. The third kappa shape index (κ3) is 3.67. The van der Waals surface area contributed by atoms with Crippen molar-refractivity contribution in [1.82, 2.24) is 4.98 Å². The quantitative estimate of drug-likeness (QED) is 0.332. The lowest BCUT2D eigenvalue weighted by Crippen LogP contribution is -2.20. The van der Waals surface area contributed by atoms with Crippen LogP contribution in [0.3, 0.4) is 0 Å². The first-order valence-electron chi connectivity index (χ1n) is 9.18. The smallest absolute Gasteiger partial charge is 0.349 e. The van der Waals surface area contributed by atoms with E-state index in [0.29, 0.717) is 49.3 Å². The Kier molecular flexibility index (Phi) is 4.73. The molecule has 0 unspecified atom stereocenters. The minimum Gasteiger partial charge on any atom is -0.436 e. The molecular weight excluding hydrogens is 439 g/mol. The topological polar surface area (TPSA) is 85.3 Å². The number of nitrogens with one attached hydrogen (secondary N) is 1. The number of amides is 1.